The molecule has 0 aliphatic heterocycles. The van der Waals surface area contributed by atoms with Crippen molar-refractivity contribution in [1.29, 1.82) is 5.26 Å². The van der Waals surface area contributed by atoms with Crippen LogP contribution < -0.4 is 5.32 Å². The number of amides is 1. The van der Waals surface area contributed by atoms with E-state index in [4.69, 9.17) is 21.9 Å². The molecular formula is C10H11N3O2S. The van der Waals surface area contributed by atoms with Crippen LogP contribution in [-0.2, 0) is 0 Å². The van der Waals surface area contributed by atoms with Gasteiger partial charge in [0.1, 0.15) is 0 Å². The van der Waals surface area contributed by atoms with Gasteiger partial charge < -0.3 is 9.32 Å². The largest absolute Gasteiger partial charge is 0.459 e. The molecule has 1 aromatic rings. The molecule has 0 aliphatic carbocycles. The maximum absolute atomic E-state index is 11.5. The predicted molar refractivity (Wildman–Crippen MR) is 61.6 cm³/mol. The van der Waals surface area contributed by atoms with Gasteiger partial charge in [0.15, 0.2) is 10.9 Å². The lowest BCUT2D eigenvalue weighted by atomic mass is 10.4. The van der Waals surface area contributed by atoms with Gasteiger partial charge in [0.05, 0.1) is 18.8 Å². The van der Waals surface area contributed by atoms with Crippen LogP contribution >= 0.6 is 12.2 Å². The number of nitrogens with one attached hydrogen (secondary N) is 1. The normalized spacial score (nSPS) is 9.25. The topological polar surface area (TPSA) is 69.3 Å². The Kier molecular flexibility index (Phi) is 4.48. The number of furan rings is 1. The number of rotatable bonds is 3. The maximum Gasteiger partial charge on any atom is 0.293 e. The van der Waals surface area contributed by atoms with E-state index in [0.717, 1.165) is 0 Å². The average molecular weight is 237 g/mol. The van der Waals surface area contributed by atoms with E-state index in [9.17, 15) is 4.79 Å². The van der Waals surface area contributed by atoms with Gasteiger partial charge >= 0.3 is 0 Å². The molecule has 84 valence electrons. The van der Waals surface area contributed by atoms with Gasteiger partial charge in [-0.3, -0.25) is 10.1 Å². The lowest BCUT2D eigenvalue weighted by Gasteiger charge is -2.18. The van der Waals surface area contributed by atoms with Crippen LogP contribution in [0.25, 0.3) is 0 Å². The van der Waals surface area contributed by atoms with E-state index < -0.39 is 0 Å². The third-order valence-electron chi connectivity index (χ3n) is 1.87. The Balaban J connectivity index is 2.46. The minimum absolute atomic E-state index is 0.205. The number of nitrogens with zero attached hydrogens (tertiary/aromatic N) is 2. The number of hydrogen-bond donors (Lipinski definition) is 1. The smallest absolute Gasteiger partial charge is 0.293 e. The molecule has 0 fully saturated rings. The van der Waals surface area contributed by atoms with Crippen LogP contribution in [0.2, 0.25) is 0 Å². The van der Waals surface area contributed by atoms with Gasteiger partial charge in [0.25, 0.3) is 5.91 Å². The van der Waals surface area contributed by atoms with E-state index in [1.54, 1.807) is 24.1 Å². The summed E-state index contributed by atoms with van der Waals surface area (Å²) >= 11 is 4.98. The van der Waals surface area contributed by atoms with Crippen LogP contribution in [0.4, 0.5) is 0 Å². The van der Waals surface area contributed by atoms with E-state index >= 15 is 0 Å². The standard InChI is InChI=1S/C10H11N3O2S/c1-13(6-3-5-11)10(16)12-9(14)8-4-2-7-15-8/h2,4,7H,3,6H2,1H3,(H,12,14,16). The highest BCUT2D eigenvalue weighted by molar-refractivity contribution is 7.80. The van der Waals surface area contributed by atoms with Crippen molar-refractivity contribution >= 4 is 23.2 Å². The Bertz CT molecular complexity index is 408. The van der Waals surface area contributed by atoms with Crippen LogP contribution in [0.5, 0.6) is 0 Å². The second kappa shape index (κ2) is 5.88. The molecule has 0 aliphatic rings. The van der Waals surface area contributed by atoms with Gasteiger partial charge in [-0.15, -0.1) is 0 Å². The zero-order chi connectivity index (χ0) is 12.0. The molecule has 0 saturated heterocycles. The summed E-state index contributed by atoms with van der Waals surface area (Å²) in [6, 6.07) is 5.17. The van der Waals surface area contributed by atoms with E-state index in [1.165, 1.54) is 6.26 Å². The lowest BCUT2D eigenvalue weighted by molar-refractivity contribution is 0.0947. The van der Waals surface area contributed by atoms with Crippen molar-refractivity contribution in [3.8, 4) is 6.07 Å². The number of carbonyl (C=O) groups is 1. The first-order chi connectivity index (χ1) is 7.65. The minimum atomic E-state index is -0.390. The Labute approximate surface area is 98.6 Å². The molecule has 1 aromatic heterocycles. The fourth-order valence-corrected chi connectivity index (χ4v) is 1.17. The number of nitriles is 1. The zero-order valence-electron chi connectivity index (χ0n) is 8.77. The quantitative estimate of drug-likeness (QED) is 0.798. The van der Waals surface area contributed by atoms with Crippen LogP contribution in [0, 0.1) is 11.3 Å². The maximum atomic E-state index is 11.5. The highest BCUT2D eigenvalue weighted by atomic mass is 32.1. The van der Waals surface area contributed by atoms with Crippen LogP contribution in [-0.4, -0.2) is 29.5 Å². The Morgan fingerprint density at radius 2 is 2.50 bits per heavy atom. The van der Waals surface area contributed by atoms with Crippen molar-refractivity contribution in [2.45, 2.75) is 6.42 Å². The summed E-state index contributed by atoms with van der Waals surface area (Å²) in [5.41, 5.74) is 0. The van der Waals surface area contributed by atoms with Gasteiger partial charge in [-0.25, -0.2) is 0 Å². The third-order valence-corrected chi connectivity index (χ3v) is 2.28. The average Bonchev–Trinajstić information content (AvgIpc) is 2.79. The summed E-state index contributed by atoms with van der Waals surface area (Å²) in [4.78, 5) is 13.1. The first-order valence-corrected chi connectivity index (χ1v) is 5.03. The second-order valence-corrected chi connectivity index (χ2v) is 3.45. The molecular weight excluding hydrogens is 226 g/mol. The van der Waals surface area contributed by atoms with Gasteiger partial charge in [-0.05, 0) is 24.4 Å². The third kappa shape index (κ3) is 3.37. The highest BCUT2D eigenvalue weighted by Crippen LogP contribution is 1.99. The second-order valence-electron chi connectivity index (χ2n) is 3.07. The van der Waals surface area contributed by atoms with Crippen molar-refractivity contribution in [2.75, 3.05) is 13.6 Å². The first kappa shape index (κ1) is 12.2. The van der Waals surface area contributed by atoms with E-state index in [-0.39, 0.29) is 16.8 Å². The molecule has 6 heteroatoms. The molecule has 0 spiro atoms. The summed E-state index contributed by atoms with van der Waals surface area (Å²) in [6.45, 7) is 0.480. The van der Waals surface area contributed by atoms with Crippen molar-refractivity contribution in [3.05, 3.63) is 24.2 Å². The monoisotopic (exact) mass is 237 g/mol. The Hall–Kier alpha value is -1.87. The molecule has 0 saturated carbocycles. The van der Waals surface area contributed by atoms with Crippen LogP contribution in [0.1, 0.15) is 17.0 Å². The molecule has 5 nitrogen and oxygen atoms in total. The van der Waals surface area contributed by atoms with Crippen molar-refractivity contribution < 1.29 is 9.21 Å². The summed E-state index contributed by atoms with van der Waals surface area (Å²) in [7, 11) is 1.71. The minimum Gasteiger partial charge on any atom is -0.459 e. The molecule has 0 atom stereocenters. The summed E-state index contributed by atoms with van der Waals surface area (Å²) in [5.74, 6) is -0.185. The fraction of sp³-hybridized carbons (Fsp3) is 0.300. The van der Waals surface area contributed by atoms with Gasteiger partial charge in [-0.2, -0.15) is 5.26 Å². The summed E-state index contributed by atoms with van der Waals surface area (Å²) < 4.78 is 4.91. The highest BCUT2D eigenvalue weighted by Gasteiger charge is 2.12. The van der Waals surface area contributed by atoms with Crippen LogP contribution in [0.15, 0.2) is 22.8 Å². The number of carbonyl (C=O) groups excluding carboxylic acids is 1. The Morgan fingerprint density at radius 1 is 1.75 bits per heavy atom. The molecule has 16 heavy (non-hydrogen) atoms. The van der Waals surface area contributed by atoms with Crippen molar-refractivity contribution in [1.82, 2.24) is 10.2 Å². The Morgan fingerprint density at radius 3 is 3.06 bits per heavy atom. The van der Waals surface area contributed by atoms with Crippen molar-refractivity contribution in [3.63, 3.8) is 0 Å². The lowest BCUT2D eigenvalue weighted by Crippen LogP contribution is -2.40. The number of thiocarbonyl (C=S) groups is 1. The molecule has 1 N–H and O–H groups in total. The van der Waals surface area contributed by atoms with E-state index in [0.29, 0.717) is 13.0 Å². The zero-order valence-corrected chi connectivity index (χ0v) is 9.58. The SMILES string of the molecule is CN(CCC#N)C(=S)NC(=O)c1ccco1. The van der Waals surface area contributed by atoms with E-state index in [2.05, 4.69) is 5.32 Å². The van der Waals surface area contributed by atoms with Gasteiger partial charge in [0.2, 0.25) is 0 Å². The molecule has 0 bridgehead atoms. The van der Waals surface area contributed by atoms with Gasteiger partial charge in [-0.1, -0.05) is 0 Å². The predicted octanol–water partition coefficient (Wildman–Crippen LogP) is 1.14. The molecule has 0 unspecified atom stereocenters. The fourth-order valence-electron chi connectivity index (χ4n) is 0.981. The number of hydrogen-bond acceptors (Lipinski definition) is 4. The summed E-state index contributed by atoms with van der Waals surface area (Å²) in [5, 5.41) is 11.2. The molecule has 0 aromatic carbocycles. The molecule has 1 amide bonds. The van der Waals surface area contributed by atoms with E-state index in [1.807, 2.05) is 6.07 Å². The van der Waals surface area contributed by atoms with Crippen molar-refractivity contribution in [2.24, 2.45) is 0 Å². The first-order valence-electron chi connectivity index (χ1n) is 4.62. The molecule has 1 rings (SSSR count). The molecule has 0 radical (unpaired) electrons. The van der Waals surface area contributed by atoms with Gasteiger partial charge in [0, 0.05) is 13.6 Å². The molecule has 1 heterocycles. The van der Waals surface area contributed by atoms with Crippen LogP contribution in [0.3, 0.4) is 0 Å². The summed E-state index contributed by atoms with van der Waals surface area (Å²) in [6.07, 6.45) is 1.77.